The van der Waals surface area contributed by atoms with Crippen molar-refractivity contribution < 1.29 is 4.79 Å². The average molecular weight is 183 g/mol. The van der Waals surface area contributed by atoms with Gasteiger partial charge in [0.25, 0.3) is 0 Å². The Labute approximate surface area is 80.9 Å². The molecule has 76 valence electrons. The van der Waals surface area contributed by atoms with Crippen LogP contribution in [0.15, 0.2) is 0 Å². The fourth-order valence-electron chi connectivity index (χ4n) is 2.98. The number of carbonyl (C=O) groups is 1. The molecule has 0 aromatic heterocycles. The lowest BCUT2D eigenvalue weighted by Gasteiger charge is -2.38. The van der Waals surface area contributed by atoms with Gasteiger partial charge in [-0.15, -0.1) is 0 Å². The zero-order valence-corrected chi connectivity index (χ0v) is 8.97. The maximum atomic E-state index is 10.8. The summed E-state index contributed by atoms with van der Waals surface area (Å²) in [4.78, 5) is 10.8. The van der Waals surface area contributed by atoms with Crippen molar-refractivity contribution in [2.24, 2.45) is 23.0 Å². The first-order valence-corrected chi connectivity index (χ1v) is 5.17. The molecule has 0 aromatic carbocycles. The molecule has 0 unspecified atom stereocenters. The summed E-state index contributed by atoms with van der Waals surface area (Å²) < 4.78 is 0. The van der Waals surface area contributed by atoms with Gasteiger partial charge >= 0.3 is 0 Å². The van der Waals surface area contributed by atoms with E-state index in [0.717, 1.165) is 12.3 Å². The first-order valence-electron chi connectivity index (χ1n) is 5.17. The predicted octanol–water partition coefficient (Wildman–Crippen LogP) is 2.32. The van der Waals surface area contributed by atoms with Gasteiger partial charge in [0.2, 0.25) is 5.91 Å². The van der Waals surface area contributed by atoms with Gasteiger partial charge in [0, 0.05) is 6.42 Å². The molecule has 2 atom stereocenters. The minimum atomic E-state index is -0.144. The molecule has 1 aliphatic carbocycles. The van der Waals surface area contributed by atoms with Gasteiger partial charge < -0.3 is 5.73 Å². The summed E-state index contributed by atoms with van der Waals surface area (Å²) in [5.74, 6) is 1.12. The maximum absolute atomic E-state index is 10.8. The van der Waals surface area contributed by atoms with Crippen molar-refractivity contribution in [2.45, 2.75) is 46.5 Å². The topological polar surface area (TPSA) is 43.1 Å². The van der Waals surface area contributed by atoms with Crippen LogP contribution >= 0.6 is 0 Å². The highest BCUT2D eigenvalue weighted by atomic mass is 16.1. The second-order valence-corrected chi connectivity index (χ2v) is 5.45. The van der Waals surface area contributed by atoms with Crippen molar-refractivity contribution in [2.75, 3.05) is 0 Å². The molecular formula is C11H21NO. The lowest BCUT2D eigenvalue weighted by molar-refractivity contribution is -0.119. The highest BCUT2D eigenvalue weighted by molar-refractivity contribution is 5.74. The van der Waals surface area contributed by atoms with Crippen LogP contribution in [0.1, 0.15) is 46.5 Å². The first kappa shape index (κ1) is 10.6. The molecule has 2 nitrogen and oxygen atoms in total. The summed E-state index contributed by atoms with van der Waals surface area (Å²) in [6.07, 6.45) is 4.18. The minimum Gasteiger partial charge on any atom is -0.370 e. The molecule has 0 radical (unpaired) electrons. The van der Waals surface area contributed by atoms with E-state index in [-0.39, 0.29) is 5.91 Å². The molecule has 1 saturated carbocycles. The smallest absolute Gasteiger partial charge is 0.217 e. The Balaban J connectivity index is 2.52. The molecule has 0 bridgehead atoms. The lowest BCUT2D eigenvalue weighted by atomic mass is 9.67. The van der Waals surface area contributed by atoms with Gasteiger partial charge in [0.1, 0.15) is 0 Å². The number of amides is 1. The first-order chi connectivity index (χ1) is 5.89. The molecule has 1 fully saturated rings. The molecule has 1 aliphatic rings. The van der Waals surface area contributed by atoms with Crippen LogP contribution in [0.5, 0.6) is 0 Å². The van der Waals surface area contributed by atoms with Crippen LogP contribution in [0.4, 0.5) is 0 Å². The van der Waals surface area contributed by atoms with Crippen LogP contribution in [0, 0.1) is 17.3 Å². The van der Waals surface area contributed by atoms with E-state index in [9.17, 15) is 4.79 Å². The second kappa shape index (κ2) is 3.69. The molecule has 0 spiro atoms. The van der Waals surface area contributed by atoms with Gasteiger partial charge in [0.15, 0.2) is 0 Å². The van der Waals surface area contributed by atoms with Crippen LogP contribution in [-0.4, -0.2) is 5.91 Å². The fourth-order valence-corrected chi connectivity index (χ4v) is 2.98. The Morgan fingerprint density at radius 2 is 2.08 bits per heavy atom. The molecule has 0 aliphatic heterocycles. The number of nitrogens with two attached hydrogens (primary N) is 1. The quantitative estimate of drug-likeness (QED) is 0.701. The molecule has 1 rings (SSSR count). The summed E-state index contributed by atoms with van der Waals surface area (Å²) in [6.45, 7) is 6.85. The number of carbonyl (C=O) groups excluding carboxylic acids is 1. The lowest BCUT2D eigenvalue weighted by Crippen LogP contribution is -2.30. The van der Waals surface area contributed by atoms with Crippen molar-refractivity contribution in [3.63, 3.8) is 0 Å². The third-order valence-electron chi connectivity index (χ3n) is 2.97. The molecule has 13 heavy (non-hydrogen) atoms. The Kier molecular flexibility index (Phi) is 2.99. The van der Waals surface area contributed by atoms with Crippen molar-refractivity contribution in [1.82, 2.24) is 0 Å². The van der Waals surface area contributed by atoms with E-state index >= 15 is 0 Å². The summed E-state index contributed by atoms with van der Waals surface area (Å²) >= 11 is 0. The Bertz CT molecular complexity index is 198. The third kappa shape index (κ3) is 3.37. The normalized spacial score (nSPS) is 32.8. The highest BCUT2D eigenvalue weighted by Gasteiger charge is 2.32. The molecule has 2 heteroatoms. The van der Waals surface area contributed by atoms with Gasteiger partial charge in [0.05, 0.1) is 0 Å². The largest absolute Gasteiger partial charge is 0.370 e. The van der Waals surface area contributed by atoms with Crippen molar-refractivity contribution >= 4 is 5.91 Å². The van der Waals surface area contributed by atoms with Gasteiger partial charge in [-0.25, -0.2) is 0 Å². The third-order valence-corrected chi connectivity index (χ3v) is 2.97. The molecule has 1 amide bonds. The van der Waals surface area contributed by atoms with Crippen LogP contribution in [0.2, 0.25) is 0 Å². The van der Waals surface area contributed by atoms with E-state index < -0.39 is 0 Å². The Hall–Kier alpha value is -0.530. The fraction of sp³-hybridized carbons (Fsp3) is 0.909. The molecular weight excluding hydrogens is 162 g/mol. The van der Waals surface area contributed by atoms with E-state index in [1.165, 1.54) is 12.8 Å². The summed E-state index contributed by atoms with van der Waals surface area (Å²) in [5, 5.41) is 0. The number of hydrogen-bond donors (Lipinski definition) is 1. The van der Waals surface area contributed by atoms with Crippen molar-refractivity contribution in [3.05, 3.63) is 0 Å². The monoisotopic (exact) mass is 183 g/mol. The van der Waals surface area contributed by atoms with Crippen LogP contribution in [0.25, 0.3) is 0 Å². The average Bonchev–Trinajstić information content (AvgIpc) is 1.78. The van der Waals surface area contributed by atoms with E-state index in [4.69, 9.17) is 5.73 Å². The second-order valence-electron chi connectivity index (χ2n) is 5.45. The summed E-state index contributed by atoms with van der Waals surface area (Å²) in [5.41, 5.74) is 5.62. The minimum absolute atomic E-state index is 0.144. The van der Waals surface area contributed by atoms with E-state index in [2.05, 4.69) is 20.8 Å². The Morgan fingerprint density at radius 1 is 1.46 bits per heavy atom. The zero-order chi connectivity index (χ0) is 10.1. The van der Waals surface area contributed by atoms with Gasteiger partial charge in [-0.1, -0.05) is 20.8 Å². The number of hydrogen-bond acceptors (Lipinski definition) is 1. The molecule has 2 N–H and O–H groups in total. The van der Waals surface area contributed by atoms with Crippen molar-refractivity contribution in [3.8, 4) is 0 Å². The standard InChI is InChI=1S/C11H21NO/c1-8-4-9(5-10(12)13)7-11(2,3)6-8/h8-9H,4-7H2,1-3H3,(H2,12,13)/t8-,9+/m0/s1. The van der Waals surface area contributed by atoms with E-state index in [0.29, 0.717) is 17.8 Å². The zero-order valence-electron chi connectivity index (χ0n) is 8.97. The molecule has 0 heterocycles. The van der Waals surface area contributed by atoms with Crippen LogP contribution in [-0.2, 0) is 4.79 Å². The number of rotatable bonds is 2. The summed E-state index contributed by atoms with van der Waals surface area (Å²) in [7, 11) is 0. The Morgan fingerprint density at radius 3 is 2.54 bits per heavy atom. The van der Waals surface area contributed by atoms with Gasteiger partial charge in [-0.3, -0.25) is 4.79 Å². The van der Waals surface area contributed by atoms with Gasteiger partial charge in [-0.05, 0) is 36.5 Å². The predicted molar refractivity (Wildman–Crippen MR) is 54.1 cm³/mol. The van der Waals surface area contributed by atoms with E-state index in [1.54, 1.807) is 0 Å². The van der Waals surface area contributed by atoms with Gasteiger partial charge in [-0.2, -0.15) is 0 Å². The van der Waals surface area contributed by atoms with Crippen molar-refractivity contribution in [1.29, 1.82) is 0 Å². The number of primary amides is 1. The highest BCUT2D eigenvalue weighted by Crippen LogP contribution is 2.42. The molecule has 0 aromatic rings. The van der Waals surface area contributed by atoms with E-state index in [1.807, 2.05) is 0 Å². The van der Waals surface area contributed by atoms with Crippen LogP contribution in [0.3, 0.4) is 0 Å². The molecule has 0 saturated heterocycles. The van der Waals surface area contributed by atoms with Crippen LogP contribution < -0.4 is 5.73 Å². The summed E-state index contributed by atoms with van der Waals surface area (Å²) in [6, 6.07) is 0. The SMILES string of the molecule is C[C@H]1C[C@H](CC(N)=O)CC(C)(C)C1. The maximum Gasteiger partial charge on any atom is 0.217 e.